The van der Waals surface area contributed by atoms with Crippen molar-refractivity contribution in [2.75, 3.05) is 0 Å². The molecule has 2 nitrogen and oxygen atoms in total. The standard InChI is InChI=1S/C24H22N2/c1-18-7-9-19(10-8-18)15-26-16-21-11-12-22(20-5-3-2-4-6-20)23-13-14-25-17-24(21)23/h2-14,17,26H,15-16H2,1H3. The van der Waals surface area contributed by atoms with Crippen LogP contribution in [0.5, 0.6) is 0 Å². The van der Waals surface area contributed by atoms with Gasteiger partial charge in [0.2, 0.25) is 0 Å². The Morgan fingerprint density at radius 1 is 0.769 bits per heavy atom. The van der Waals surface area contributed by atoms with Gasteiger partial charge in [-0.3, -0.25) is 4.98 Å². The lowest BCUT2D eigenvalue weighted by molar-refractivity contribution is 0.696. The van der Waals surface area contributed by atoms with Crippen molar-refractivity contribution in [2.24, 2.45) is 0 Å². The molecule has 128 valence electrons. The van der Waals surface area contributed by atoms with Crippen LogP contribution in [0, 0.1) is 6.92 Å². The lowest BCUT2D eigenvalue weighted by Gasteiger charge is -2.12. The minimum atomic E-state index is 0.825. The lowest BCUT2D eigenvalue weighted by atomic mass is 9.96. The molecule has 1 aromatic heterocycles. The van der Waals surface area contributed by atoms with Crippen LogP contribution in [0.15, 0.2) is 85.2 Å². The zero-order chi connectivity index (χ0) is 17.8. The lowest BCUT2D eigenvalue weighted by Crippen LogP contribution is -2.13. The Hall–Kier alpha value is -2.97. The van der Waals surface area contributed by atoms with Gasteiger partial charge in [-0.25, -0.2) is 0 Å². The van der Waals surface area contributed by atoms with E-state index in [1.165, 1.54) is 38.6 Å². The minimum absolute atomic E-state index is 0.825. The molecule has 0 saturated carbocycles. The highest BCUT2D eigenvalue weighted by Gasteiger charge is 2.07. The quantitative estimate of drug-likeness (QED) is 0.520. The molecule has 0 aliphatic heterocycles. The molecule has 0 radical (unpaired) electrons. The molecule has 0 fully saturated rings. The molecule has 1 heterocycles. The van der Waals surface area contributed by atoms with E-state index < -0.39 is 0 Å². The van der Waals surface area contributed by atoms with E-state index in [0.29, 0.717) is 0 Å². The maximum absolute atomic E-state index is 4.36. The number of fused-ring (bicyclic) bond motifs is 1. The molecule has 0 amide bonds. The van der Waals surface area contributed by atoms with E-state index >= 15 is 0 Å². The topological polar surface area (TPSA) is 24.9 Å². The van der Waals surface area contributed by atoms with E-state index in [4.69, 9.17) is 0 Å². The van der Waals surface area contributed by atoms with E-state index in [1.54, 1.807) is 0 Å². The highest BCUT2D eigenvalue weighted by atomic mass is 14.8. The monoisotopic (exact) mass is 338 g/mol. The first kappa shape index (κ1) is 16.5. The van der Waals surface area contributed by atoms with Gasteiger partial charge in [0.1, 0.15) is 0 Å². The van der Waals surface area contributed by atoms with Gasteiger partial charge in [-0.1, -0.05) is 72.3 Å². The second-order valence-electron chi connectivity index (χ2n) is 6.65. The van der Waals surface area contributed by atoms with Crippen LogP contribution in [-0.4, -0.2) is 4.98 Å². The van der Waals surface area contributed by atoms with Crippen molar-refractivity contribution in [3.8, 4) is 11.1 Å². The van der Waals surface area contributed by atoms with E-state index in [0.717, 1.165) is 13.1 Å². The number of pyridine rings is 1. The number of aryl methyl sites for hydroxylation is 1. The Bertz CT molecular complexity index is 1010. The van der Waals surface area contributed by atoms with Crippen LogP contribution in [0.25, 0.3) is 21.9 Å². The van der Waals surface area contributed by atoms with Crippen molar-refractivity contribution in [1.82, 2.24) is 10.3 Å². The molecule has 0 aliphatic rings. The molecule has 4 rings (SSSR count). The van der Waals surface area contributed by atoms with Gasteiger partial charge < -0.3 is 5.32 Å². The van der Waals surface area contributed by atoms with E-state index in [1.807, 2.05) is 12.4 Å². The van der Waals surface area contributed by atoms with Crippen molar-refractivity contribution in [3.05, 3.63) is 102 Å². The maximum atomic E-state index is 4.36. The number of rotatable bonds is 5. The Morgan fingerprint density at radius 3 is 2.38 bits per heavy atom. The molecule has 0 spiro atoms. The fraction of sp³-hybridized carbons (Fsp3) is 0.125. The summed E-state index contributed by atoms with van der Waals surface area (Å²) in [7, 11) is 0. The Labute approximate surface area is 154 Å². The molecule has 2 heteroatoms. The van der Waals surface area contributed by atoms with Crippen LogP contribution >= 0.6 is 0 Å². The fourth-order valence-electron chi connectivity index (χ4n) is 3.32. The van der Waals surface area contributed by atoms with E-state index in [2.05, 4.69) is 90.0 Å². The summed E-state index contributed by atoms with van der Waals surface area (Å²) in [5, 5.41) is 6.03. The average molecular weight is 338 g/mol. The Kier molecular flexibility index (Phi) is 4.76. The number of nitrogens with one attached hydrogen (secondary N) is 1. The first-order chi connectivity index (χ1) is 12.8. The van der Waals surface area contributed by atoms with Gasteiger partial charge in [0.15, 0.2) is 0 Å². The first-order valence-corrected chi connectivity index (χ1v) is 8.98. The fourth-order valence-corrected chi connectivity index (χ4v) is 3.32. The number of hydrogen-bond donors (Lipinski definition) is 1. The third-order valence-electron chi connectivity index (χ3n) is 4.76. The van der Waals surface area contributed by atoms with Crippen LogP contribution in [-0.2, 0) is 13.1 Å². The van der Waals surface area contributed by atoms with Crippen molar-refractivity contribution in [2.45, 2.75) is 20.0 Å². The minimum Gasteiger partial charge on any atom is -0.309 e. The molecule has 0 aliphatic carbocycles. The molecule has 0 saturated heterocycles. The van der Waals surface area contributed by atoms with Crippen molar-refractivity contribution >= 4 is 10.8 Å². The third-order valence-corrected chi connectivity index (χ3v) is 4.76. The number of benzene rings is 3. The van der Waals surface area contributed by atoms with Gasteiger partial charge >= 0.3 is 0 Å². The van der Waals surface area contributed by atoms with Gasteiger partial charge in [-0.15, -0.1) is 0 Å². The summed E-state index contributed by atoms with van der Waals surface area (Å²) in [4.78, 5) is 4.36. The van der Waals surface area contributed by atoms with Crippen LogP contribution in [0.1, 0.15) is 16.7 Å². The maximum Gasteiger partial charge on any atom is 0.0349 e. The van der Waals surface area contributed by atoms with Gasteiger partial charge in [0.25, 0.3) is 0 Å². The summed E-state index contributed by atoms with van der Waals surface area (Å²) < 4.78 is 0. The highest BCUT2D eigenvalue weighted by molar-refractivity contribution is 5.98. The molecule has 3 aromatic carbocycles. The van der Waals surface area contributed by atoms with E-state index in [-0.39, 0.29) is 0 Å². The smallest absolute Gasteiger partial charge is 0.0349 e. The van der Waals surface area contributed by atoms with Crippen molar-refractivity contribution < 1.29 is 0 Å². The Morgan fingerprint density at radius 2 is 1.58 bits per heavy atom. The summed E-state index contributed by atoms with van der Waals surface area (Å²) in [5.74, 6) is 0. The van der Waals surface area contributed by atoms with Gasteiger partial charge in [-0.05, 0) is 40.6 Å². The van der Waals surface area contributed by atoms with Gasteiger partial charge in [0.05, 0.1) is 0 Å². The first-order valence-electron chi connectivity index (χ1n) is 8.98. The van der Waals surface area contributed by atoms with E-state index in [9.17, 15) is 0 Å². The normalized spacial score (nSPS) is 11.0. The summed E-state index contributed by atoms with van der Waals surface area (Å²) in [6.45, 7) is 3.80. The predicted octanol–water partition coefficient (Wildman–Crippen LogP) is 5.50. The largest absolute Gasteiger partial charge is 0.309 e. The van der Waals surface area contributed by atoms with Crippen molar-refractivity contribution in [1.29, 1.82) is 0 Å². The van der Waals surface area contributed by atoms with Gasteiger partial charge in [-0.2, -0.15) is 0 Å². The highest BCUT2D eigenvalue weighted by Crippen LogP contribution is 2.30. The van der Waals surface area contributed by atoms with Crippen LogP contribution < -0.4 is 5.32 Å². The summed E-state index contributed by atoms with van der Waals surface area (Å²) in [6, 6.07) is 25.8. The van der Waals surface area contributed by atoms with Crippen LogP contribution in [0.3, 0.4) is 0 Å². The summed E-state index contributed by atoms with van der Waals surface area (Å²) >= 11 is 0. The second kappa shape index (κ2) is 7.51. The van der Waals surface area contributed by atoms with Crippen LogP contribution in [0.2, 0.25) is 0 Å². The molecular formula is C24H22N2. The number of hydrogen-bond acceptors (Lipinski definition) is 2. The van der Waals surface area contributed by atoms with Gasteiger partial charge in [0, 0.05) is 30.9 Å². The zero-order valence-electron chi connectivity index (χ0n) is 14.9. The van der Waals surface area contributed by atoms with Crippen LogP contribution in [0.4, 0.5) is 0 Å². The molecule has 0 bridgehead atoms. The average Bonchev–Trinajstić information content (AvgIpc) is 2.70. The summed E-state index contributed by atoms with van der Waals surface area (Å²) in [5.41, 5.74) is 6.37. The summed E-state index contributed by atoms with van der Waals surface area (Å²) in [6.07, 6.45) is 3.85. The molecule has 4 aromatic rings. The van der Waals surface area contributed by atoms with Crippen molar-refractivity contribution in [3.63, 3.8) is 0 Å². The SMILES string of the molecule is Cc1ccc(CNCc2ccc(-c3ccccc3)c3ccncc23)cc1. The number of nitrogens with zero attached hydrogens (tertiary/aromatic N) is 1. The molecule has 0 atom stereocenters. The number of aromatic nitrogens is 1. The Balaban J connectivity index is 1.59. The molecular weight excluding hydrogens is 316 g/mol. The molecule has 26 heavy (non-hydrogen) atoms. The predicted molar refractivity (Wildman–Crippen MR) is 109 cm³/mol. The third kappa shape index (κ3) is 3.51. The second-order valence-corrected chi connectivity index (χ2v) is 6.65. The molecule has 1 N–H and O–H groups in total. The zero-order valence-corrected chi connectivity index (χ0v) is 14.9. The molecule has 0 unspecified atom stereocenters.